The van der Waals surface area contributed by atoms with Crippen molar-refractivity contribution in [3.63, 3.8) is 0 Å². The first-order valence-corrected chi connectivity index (χ1v) is 12.5. The molecule has 0 radical (unpaired) electrons. The second-order valence-electron chi connectivity index (χ2n) is 8.56. The molecular weight excluding hydrogens is 468 g/mol. The van der Waals surface area contributed by atoms with Gasteiger partial charge in [-0.2, -0.15) is 4.98 Å². The Morgan fingerprint density at radius 3 is 2.36 bits per heavy atom. The molecule has 0 fully saturated rings. The Balaban J connectivity index is 1.53. The number of nitrogens with zero attached hydrogens (tertiary/aromatic N) is 3. The highest BCUT2D eigenvalue weighted by molar-refractivity contribution is 7.80. The molecule has 1 aromatic heterocycles. The van der Waals surface area contributed by atoms with Crippen molar-refractivity contribution in [2.45, 2.75) is 26.3 Å². The lowest BCUT2D eigenvalue weighted by molar-refractivity contribution is 0.340. The minimum atomic E-state index is -0.231. The number of benzene rings is 3. The van der Waals surface area contributed by atoms with Crippen LogP contribution in [0.4, 0.5) is 0 Å². The van der Waals surface area contributed by atoms with E-state index in [9.17, 15) is 0 Å². The van der Waals surface area contributed by atoms with E-state index >= 15 is 0 Å². The topological polar surface area (TPSA) is 63.4 Å². The van der Waals surface area contributed by atoms with E-state index in [1.807, 2.05) is 67.6 Å². The van der Waals surface area contributed by atoms with E-state index in [0.29, 0.717) is 23.4 Å². The third kappa shape index (κ3) is 5.02. The third-order valence-electron chi connectivity index (χ3n) is 6.28. The van der Waals surface area contributed by atoms with Gasteiger partial charge >= 0.3 is 0 Å². The van der Waals surface area contributed by atoms with Gasteiger partial charge in [0.15, 0.2) is 5.11 Å². The van der Waals surface area contributed by atoms with Crippen LogP contribution in [-0.2, 0) is 6.42 Å². The fourth-order valence-electron chi connectivity index (χ4n) is 4.42. The van der Waals surface area contributed by atoms with Gasteiger partial charge in [-0.1, -0.05) is 78.0 Å². The highest BCUT2D eigenvalue weighted by Crippen LogP contribution is 2.38. The molecule has 1 atom stereocenters. The van der Waals surface area contributed by atoms with Crippen LogP contribution in [0.5, 0.6) is 5.75 Å². The number of nitrogens with one attached hydrogen (secondary N) is 1. The molecule has 1 aliphatic heterocycles. The number of ether oxygens (including phenoxy) is 1. The summed E-state index contributed by atoms with van der Waals surface area (Å²) in [5.74, 6) is 1.86. The first-order valence-electron chi connectivity index (χ1n) is 12.1. The van der Waals surface area contributed by atoms with Crippen LogP contribution in [0.2, 0.25) is 0 Å². The Bertz CT molecular complexity index is 1350. The quantitative estimate of drug-likeness (QED) is 0.298. The SMILES string of the molecule is CCOc1ccc(C2NC(=S)N(CCc3ccccc3)C(C)=C2c2nc(-c3ccccc3)no2)cc1. The van der Waals surface area contributed by atoms with Gasteiger partial charge in [0.1, 0.15) is 5.75 Å². The van der Waals surface area contributed by atoms with Crippen LogP contribution in [0.15, 0.2) is 95.1 Å². The maximum absolute atomic E-state index is 5.84. The molecule has 0 amide bonds. The molecule has 182 valence electrons. The van der Waals surface area contributed by atoms with Crippen molar-refractivity contribution >= 4 is 22.9 Å². The summed E-state index contributed by atoms with van der Waals surface area (Å²) in [6, 6.07) is 28.1. The summed E-state index contributed by atoms with van der Waals surface area (Å²) >= 11 is 5.84. The lowest BCUT2D eigenvalue weighted by Gasteiger charge is -2.37. The molecule has 0 aliphatic carbocycles. The molecule has 0 spiro atoms. The summed E-state index contributed by atoms with van der Waals surface area (Å²) in [5, 5.41) is 8.49. The lowest BCUT2D eigenvalue weighted by Crippen LogP contribution is -2.46. The van der Waals surface area contributed by atoms with E-state index in [2.05, 4.69) is 46.6 Å². The normalized spacial score (nSPS) is 15.7. The summed E-state index contributed by atoms with van der Waals surface area (Å²) in [6.45, 7) is 5.40. The third-order valence-corrected chi connectivity index (χ3v) is 6.61. The fourth-order valence-corrected chi connectivity index (χ4v) is 4.77. The van der Waals surface area contributed by atoms with Crippen molar-refractivity contribution in [1.29, 1.82) is 0 Å². The van der Waals surface area contributed by atoms with Crippen LogP contribution in [0, 0.1) is 0 Å². The average molecular weight is 497 g/mol. The zero-order chi connectivity index (χ0) is 24.9. The molecule has 7 heteroatoms. The summed E-state index contributed by atoms with van der Waals surface area (Å²) in [4.78, 5) is 6.90. The monoisotopic (exact) mass is 496 g/mol. The van der Waals surface area contributed by atoms with E-state index < -0.39 is 0 Å². The smallest absolute Gasteiger partial charge is 0.258 e. The number of hydrogen-bond donors (Lipinski definition) is 1. The minimum Gasteiger partial charge on any atom is -0.494 e. The molecule has 1 N–H and O–H groups in total. The van der Waals surface area contributed by atoms with Gasteiger partial charge in [0.25, 0.3) is 5.89 Å². The average Bonchev–Trinajstić information content (AvgIpc) is 3.40. The zero-order valence-electron chi connectivity index (χ0n) is 20.3. The Morgan fingerprint density at radius 1 is 0.972 bits per heavy atom. The molecule has 3 aromatic carbocycles. The first-order chi connectivity index (χ1) is 17.6. The highest BCUT2D eigenvalue weighted by Gasteiger charge is 2.34. The Morgan fingerprint density at radius 2 is 1.67 bits per heavy atom. The Labute approximate surface area is 216 Å². The zero-order valence-corrected chi connectivity index (χ0v) is 21.2. The van der Waals surface area contributed by atoms with Crippen molar-refractivity contribution in [3.8, 4) is 17.1 Å². The van der Waals surface area contributed by atoms with Crippen LogP contribution in [0.1, 0.15) is 36.9 Å². The van der Waals surface area contributed by atoms with E-state index in [4.69, 9.17) is 26.5 Å². The van der Waals surface area contributed by atoms with Crippen LogP contribution in [0.25, 0.3) is 17.0 Å². The number of hydrogen-bond acceptors (Lipinski definition) is 5. The minimum absolute atomic E-state index is 0.231. The van der Waals surface area contributed by atoms with Gasteiger partial charge in [-0.3, -0.25) is 0 Å². The second kappa shape index (κ2) is 10.7. The predicted octanol–water partition coefficient (Wildman–Crippen LogP) is 6.04. The summed E-state index contributed by atoms with van der Waals surface area (Å²) in [7, 11) is 0. The molecule has 0 saturated carbocycles. The molecule has 36 heavy (non-hydrogen) atoms. The molecule has 4 aromatic rings. The van der Waals surface area contributed by atoms with Crippen molar-refractivity contribution in [1.82, 2.24) is 20.4 Å². The number of thiocarbonyl (C=S) groups is 1. The second-order valence-corrected chi connectivity index (χ2v) is 8.95. The van der Waals surface area contributed by atoms with Crippen LogP contribution in [-0.4, -0.2) is 33.3 Å². The summed E-state index contributed by atoms with van der Waals surface area (Å²) < 4.78 is 11.5. The van der Waals surface area contributed by atoms with Crippen LogP contribution in [0.3, 0.4) is 0 Å². The van der Waals surface area contributed by atoms with E-state index in [-0.39, 0.29) is 6.04 Å². The molecular formula is C29H28N4O2S. The van der Waals surface area contributed by atoms with Gasteiger partial charge in [0.2, 0.25) is 5.82 Å². The maximum Gasteiger partial charge on any atom is 0.258 e. The standard InChI is InChI=1S/C29H28N4O2S/c1-3-34-24-16-14-22(15-17-24)26-25(28-31-27(32-35-28)23-12-8-5-9-13-23)20(2)33(29(36)30-26)19-18-21-10-6-4-7-11-21/h4-17,26H,3,18-19H2,1-2H3,(H,30,36). The van der Waals surface area contributed by atoms with Gasteiger partial charge in [0.05, 0.1) is 18.2 Å². The number of aromatic nitrogens is 2. The van der Waals surface area contributed by atoms with Crippen LogP contribution < -0.4 is 10.1 Å². The molecule has 0 saturated heterocycles. The van der Waals surface area contributed by atoms with Gasteiger partial charge in [-0.15, -0.1) is 0 Å². The van der Waals surface area contributed by atoms with E-state index in [1.165, 1.54) is 5.56 Å². The fraction of sp³-hybridized carbons (Fsp3) is 0.207. The first kappa shape index (κ1) is 23.8. The van der Waals surface area contributed by atoms with Crippen molar-refractivity contribution < 1.29 is 9.26 Å². The lowest BCUT2D eigenvalue weighted by atomic mass is 9.94. The molecule has 1 aliphatic rings. The Hall–Kier alpha value is -3.97. The number of rotatable bonds is 8. The molecule has 6 nitrogen and oxygen atoms in total. The van der Waals surface area contributed by atoms with Crippen LogP contribution >= 0.6 is 12.2 Å². The molecule has 2 heterocycles. The molecule has 0 bridgehead atoms. The predicted molar refractivity (Wildman–Crippen MR) is 145 cm³/mol. The van der Waals surface area contributed by atoms with E-state index in [1.54, 1.807) is 0 Å². The highest BCUT2D eigenvalue weighted by atomic mass is 32.1. The van der Waals surface area contributed by atoms with Gasteiger partial charge < -0.3 is 19.5 Å². The summed E-state index contributed by atoms with van der Waals surface area (Å²) in [5.41, 5.74) is 5.11. The number of allylic oxidation sites excluding steroid dienone is 1. The van der Waals surface area contributed by atoms with Gasteiger partial charge in [-0.25, -0.2) is 0 Å². The summed E-state index contributed by atoms with van der Waals surface area (Å²) in [6.07, 6.45) is 0.861. The van der Waals surface area contributed by atoms with Crippen molar-refractivity contribution in [2.24, 2.45) is 0 Å². The van der Waals surface area contributed by atoms with Crippen molar-refractivity contribution in [3.05, 3.63) is 108 Å². The largest absolute Gasteiger partial charge is 0.494 e. The molecule has 1 unspecified atom stereocenters. The van der Waals surface area contributed by atoms with Gasteiger partial charge in [0, 0.05) is 17.8 Å². The Kier molecular flexibility index (Phi) is 7.09. The maximum atomic E-state index is 5.84. The molecule has 5 rings (SSSR count). The van der Waals surface area contributed by atoms with E-state index in [0.717, 1.165) is 41.1 Å². The van der Waals surface area contributed by atoms with Crippen molar-refractivity contribution in [2.75, 3.05) is 13.2 Å². The van der Waals surface area contributed by atoms with Gasteiger partial charge in [-0.05, 0) is 55.7 Å².